The Morgan fingerprint density at radius 3 is 2.15 bits per heavy atom. The first-order chi connectivity index (χ1) is 13.1. The molecule has 1 aliphatic rings. The van der Waals surface area contributed by atoms with Crippen LogP contribution in [0, 0.1) is 0 Å². The molecule has 27 heavy (non-hydrogen) atoms. The van der Waals surface area contributed by atoms with Crippen LogP contribution in [0.25, 0.3) is 0 Å². The van der Waals surface area contributed by atoms with E-state index in [0.717, 1.165) is 25.1 Å². The summed E-state index contributed by atoms with van der Waals surface area (Å²) in [7, 11) is 0. The standard InChI is InChI=1S/C25H27NO/c1-25(27,23-14-6-3-7-15-23)18-24(21-11-4-2-5-12-21)26-17-16-20-10-8-9-13-22(20)19-26/h2-15,24,27H,16-19H2,1H3. The molecule has 0 radical (unpaired) electrons. The molecule has 0 spiro atoms. The van der Waals surface area contributed by atoms with E-state index in [-0.39, 0.29) is 6.04 Å². The van der Waals surface area contributed by atoms with Crippen molar-refractivity contribution >= 4 is 0 Å². The Kier molecular flexibility index (Phi) is 5.11. The summed E-state index contributed by atoms with van der Waals surface area (Å²) in [6.45, 7) is 3.89. The predicted octanol–water partition coefficient (Wildman–Crippen LogP) is 5.08. The lowest BCUT2D eigenvalue weighted by atomic mass is 9.85. The van der Waals surface area contributed by atoms with Crippen molar-refractivity contribution < 1.29 is 5.11 Å². The fourth-order valence-electron chi connectivity index (χ4n) is 4.21. The molecule has 0 bridgehead atoms. The average molecular weight is 357 g/mol. The lowest BCUT2D eigenvalue weighted by Gasteiger charge is -2.39. The average Bonchev–Trinajstić information content (AvgIpc) is 2.73. The molecule has 0 aliphatic carbocycles. The maximum atomic E-state index is 11.3. The second kappa shape index (κ2) is 7.67. The maximum absolute atomic E-state index is 11.3. The third-order valence-corrected chi connectivity index (χ3v) is 5.77. The first-order valence-electron chi connectivity index (χ1n) is 9.77. The SMILES string of the molecule is CC(O)(CC(c1ccccc1)N1CCc2ccccc2C1)c1ccccc1. The monoisotopic (exact) mass is 357 g/mol. The highest BCUT2D eigenvalue weighted by Gasteiger charge is 2.32. The molecule has 138 valence electrons. The summed E-state index contributed by atoms with van der Waals surface area (Å²) in [4.78, 5) is 2.52. The number of nitrogens with zero attached hydrogens (tertiary/aromatic N) is 1. The Morgan fingerprint density at radius 1 is 0.852 bits per heavy atom. The van der Waals surface area contributed by atoms with Gasteiger partial charge in [-0.3, -0.25) is 4.90 Å². The van der Waals surface area contributed by atoms with E-state index in [2.05, 4.69) is 59.5 Å². The van der Waals surface area contributed by atoms with Crippen LogP contribution in [-0.2, 0) is 18.6 Å². The summed E-state index contributed by atoms with van der Waals surface area (Å²) in [6.07, 6.45) is 1.73. The van der Waals surface area contributed by atoms with Gasteiger partial charge in [-0.05, 0) is 42.0 Å². The van der Waals surface area contributed by atoms with Gasteiger partial charge in [0.2, 0.25) is 0 Å². The molecule has 0 saturated heterocycles. The van der Waals surface area contributed by atoms with E-state index in [4.69, 9.17) is 0 Å². The van der Waals surface area contributed by atoms with Crippen molar-refractivity contribution in [2.24, 2.45) is 0 Å². The van der Waals surface area contributed by atoms with Crippen molar-refractivity contribution in [3.63, 3.8) is 0 Å². The summed E-state index contributed by atoms with van der Waals surface area (Å²) < 4.78 is 0. The van der Waals surface area contributed by atoms with Gasteiger partial charge in [0, 0.05) is 19.1 Å². The summed E-state index contributed by atoms with van der Waals surface area (Å²) >= 11 is 0. The molecule has 3 aromatic carbocycles. The number of benzene rings is 3. The molecular weight excluding hydrogens is 330 g/mol. The normalized spacial score (nSPS) is 17.7. The Bertz CT molecular complexity index is 873. The van der Waals surface area contributed by atoms with Crippen LogP contribution >= 0.6 is 0 Å². The molecule has 1 aliphatic heterocycles. The minimum Gasteiger partial charge on any atom is -0.385 e. The molecule has 2 nitrogen and oxygen atoms in total. The quantitative estimate of drug-likeness (QED) is 0.688. The Morgan fingerprint density at radius 2 is 1.44 bits per heavy atom. The van der Waals surface area contributed by atoms with Crippen molar-refractivity contribution in [3.8, 4) is 0 Å². The van der Waals surface area contributed by atoms with Crippen LogP contribution in [0.1, 0.15) is 41.6 Å². The first-order valence-corrected chi connectivity index (χ1v) is 9.77. The third kappa shape index (κ3) is 3.97. The zero-order valence-corrected chi connectivity index (χ0v) is 15.9. The number of aliphatic hydroxyl groups is 1. The summed E-state index contributed by atoms with van der Waals surface area (Å²) in [5.41, 5.74) is 4.23. The predicted molar refractivity (Wildman–Crippen MR) is 110 cm³/mol. The van der Waals surface area contributed by atoms with Gasteiger partial charge in [0.25, 0.3) is 0 Å². The lowest BCUT2D eigenvalue weighted by Crippen LogP contribution is -2.38. The van der Waals surface area contributed by atoms with Crippen LogP contribution in [0.3, 0.4) is 0 Å². The molecule has 0 saturated carbocycles. The van der Waals surface area contributed by atoms with Crippen LogP contribution in [0.5, 0.6) is 0 Å². The van der Waals surface area contributed by atoms with E-state index in [1.54, 1.807) is 0 Å². The van der Waals surface area contributed by atoms with Gasteiger partial charge in [-0.25, -0.2) is 0 Å². The molecule has 0 aromatic heterocycles. The van der Waals surface area contributed by atoms with Crippen molar-refractivity contribution in [3.05, 3.63) is 107 Å². The summed E-state index contributed by atoms with van der Waals surface area (Å²) in [5.74, 6) is 0. The van der Waals surface area contributed by atoms with Gasteiger partial charge in [0.05, 0.1) is 5.60 Å². The van der Waals surface area contributed by atoms with Crippen LogP contribution in [0.4, 0.5) is 0 Å². The van der Waals surface area contributed by atoms with E-state index < -0.39 is 5.60 Å². The third-order valence-electron chi connectivity index (χ3n) is 5.77. The zero-order chi connectivity index (χ0) is 18.7. The number of hydrogen-bond acceptors (Lipinski definition) is 2. The van der Waals surface area contributed by atoms with Gasteiger partial charge in [0.15, 0.2) is 0 Å². The van der Waals surface area contributed by atoms with E-state index >= 15 is 0 Å². The van der Waals surface area contributed by atoms with Gasteiger partial charge in [0.1, 0.15) is 0 Å². The fraction of sp³-hybridized carbons (Fsp3) is 0.280. The summed E-state index contributed by atoms with van der Waals surface area (Å²) in [5, 5.41) is 11.3. The number of rotatable bonds is 5. The minimum absolute atomic E-state index is 0.176. The number of fused-ring (bicyclic) bond motifs is 1. The number of hydrogen-bond donors (Lipinski definition) is 1. The van der Waals surface area contributed by atoms with Crippen molar-refractivity contribution in [1.82, 2.24) is 4.90 Å². The van der Waals surface area contributed by atoms with Gasteiger partial charge in [-0.1, -0.05) is 84.9 Å². The molecule has 3 aromatic rings. The van der Waals surface area contributed by atoms with Crippen LogP contribution in [0.2, 0.25) is 0 Å². The molecular formula is C25H27NO. The molecule has 0 fully saturated rings. The highest BCUT2D eigenvalue weighted by Crippen LogP contribution is 2.37. The molecule has 1 N–H and O–H groups in total. The summed E-state index contributed by atoms with van der Waals surface area (Å²) in [6, 6.07) is 29.6. The lowest BCUT2D eigenvalue weighted by molar-refractivity contribution is 0.00964. The molecule has 2 heteroatoms. The van der Waals surface area contributed by atoms with E-state index in [0.29, 0.717) is 6.42 Å². The zero-order valence-electron chi connectivity index (χ0n) is 15.9. The molecule has 1 heterocycles. The smallest absolute Gasteiger partial charge is 0.0886 e. The fourth-order valence-corrected chi connectivity index (χ4v) is 4.21. The molecule has 2 atom stereocenters. The second-order valence-electron chi connectivity index (χ2n) is 7.76. The van der Waals surface area contributed by atoms with Gasteiger partial charge >= 0.3 is 0 Å². The maximum Gasteiger partial charge on any atom is 0.0886 e. The van der Waals surface area contributed by atoms with Crippen LogP contribution in [0.15, 0.2) is 84.9 Å². The van der Waals surface area contributed by atoms with Crippen molar-refractivity contribution in [2.45, 2.75) is 38.0 Å². The molecule has 2 unspecified atom stereocenters. The van der Waals surface area contributed by atoms with Crippen molar-refractivity contribution in [2.75, 3.05) is 6.54 Å². The Balaban J connectivity index is 1.65. The minimum atomic E-state index is -0.876. The van der Waals surface area contributed by atoms with Crippen LogP contribution in [-0.4, -0.2) is 16.6 Å². The van der Waals surface area contributed by atoms with E-state index in [1.165, 1.54) is 16.7 Å². The Hall–Kier alpha value is -2.42. The first kappa shape index (κ1) is 18.0. The van der Waals surface area contributed by atoms with E-state index in [9.17, 15) is 5.11 Å². The van der Waals surface area contributed by atoms with E-state index in [1.807, 2.05) is 37.3 Å². The van der Waals surface area contributed by atoms with Gasteiger partial charge < -0.3 is 5.11 Å². The highest BCUT2D eigenvalue weighted by atomic mass is 16.3. The van der Waals surface area contributed by atoms with Crippen LogP contribution < -0.4 is 0 Å². The highest BCUT2D eigenvalue weighted by molar-refractivity contribution is 5.31. The molecule has 4 rings (SSSR count). The van der Waals surface area contributed by atoms with Crippen molar-refractivity contribution in [1.29, 1.82) is 0 Å². The van der Waals surface area contributed by atoms with Gasteiger partial charge in [-0.15, -0.1) is 0 Å². The topological polar surface area (TPSA) is 23.5 Å². The largest absolute Gasteiger partial charge is 0.385 e. The Labute approximate surface area is 162 Å². The second-order valence-corrected chi connectivity index (χ2v) is 7.76. The molecule has 0 amide bonds. The van der Waals surface area contributed by atoms with Gasteiger partial charge in [-0.2, -0.15) is 0 Å².